The Morgan fingerprint density at radius 2 is 1.65 bits per heavy atom. The molecule has 0 unspecified atom stereocenters. The van der Waals surface area contributed by atoms with Crippen LogP contribution in [-0.2, 0) is 18.8 Å². The number of carbonyl (C=O) groups excluding carboxylic acids is 2. The van der Waals surface area contributed by atoms with Crippen molar-refractivity contribution < 1.29 is 23.6 Å². The van der Waals surface area contributed by atoms with E-state index in [2.05, 4.69) is 25.5 Å². The van der Waals surface area contributed by atoms with E-state index in [9.17, 15) is 9.59 Å². The summed E-state index contributed by atoms with van der Waals surface area (Å²) in [5, 5.41) is 5.73. The number of ether oxygens (including phenoxy) is 1. The summed E-state index contributed by atoms with van der Waals surface area (Å²) in [5.74, 6) is 0.777. The average Bonchev–Trinajstić information content (AvgIpc) is 3.01. The van der Waals surface area contributed by atoms with Gasteiger partial charge in [-0.25, -0.2) is 14.8 Å². The van der Waals surface area contributed by atoms with Crippen molar-refractivity contribution in [3.05, 3.63) is 12.4 Å². The summed E-state index contributed by atoms with van der Waals surface area (Å²) < 4.78 is 17.5. The molecule has 1 aromatic rings. The van der Waals surface area contributed by atoms with E-state index in [1.165, 1.54) is 0 Å². The largest absolute Gasteiger partial charge is 0.498 e. The topological polar surface area (TPSA) is 115 Å². The zero-order valence-corrected chi connectivity index (χ0v) is 23.9. The van der Waals surface area contributed by atoms with Gasteiger partial charge in [0.2, 0.25) is 11.9 Å². The third-order valence-electron chi connectivity index (χ3n) is 7.27. The number of alkyl carbamates (subject to hydrolysis) is 1. The molecule has 1 atom stereocenters. The smallest absolute Gasteiger partial charge is 0.444 e. The number of hydrogen-bond donors (Lipinski definition) is 2. The zero-order chi connectivity index (χ0) is 27.6. The molecule has 2 fully saturated rings. The molecule has 2 saturated heterocycles. The van der Waals surface area contributed by atoms with Gasteiger partial charge in [0.1, 0.15) is 11.6 Å². The van der Waals surface area contributed by atoms with Crippen molar-refractivity contribution in [2.75, 3.05) is 24.5 Å². The maximum absolute atomic E-state index is 12.8. The quantitative estimate of drug-likeness (QED) is 0.531. The van der Waals surface area contributed by atoms with E-state index in [0.29, 0.717) is 18.4 Å². The Bertz CT molecular complexity index is 924. The molecule has 2 aliphatic heterocycles. The summed E-state index contributed by atoms with van der Waals surface area (Å²) >= 11 is 0. The summed E-state index contributed by atoms with van der Waals surface area (Å²) in [6.07, 6.45) is 4.79. The minimum absolute atomic E-state index is 0.0633. The lowest BCUT2D eigenvalue weighted by Crippen LogP contribution is -2.52. The predicted octanol–water partition coefficient (Wildman–Crippen LogP) is 2.66. The van der Waals surface area contributed by atoms with Gasteiger partial charge >= 0.3 is 13.2 Å². The van der Waals surface area contributed by atoms with Crippen LogP contribution in [0.4, 0.5) is 10.7 Å². The molecule has 2 amide bonds. The van der Waals surface area contributed by atoms with Crippen molar-refractivity contribution in [2.45, 2.75) is 98.0 Å². The van der Waals surface area contributed by atoms with Gasteiger partial charge in [-0.15, -0.1) is 0 Å². The lowest BCUT2D eigenvalue weighted by atomic mass is 9.81. The first-order chi connectivity index (χ1) is 17.1. The van der Waals surface area contributed by atoms with Gasteiger partial charge in [0, 0.05) is 37.5 Å². The lowest BCUT2D eigenvalue weighted by molar-refractivity contribution is -0.124. The zero-order valence-electron chi connectivity index (χ0n) is 23.9. The highest BCUT2D eigenvalue weighted by molar-refractivity contribution is 6.61. The van der Waals surface area contributed by atoms with Crippen molar-refractivity contribution in [1.82, 2.24) is 20.6 Å². The van der Waals surface area contributed by atoms with Crippen LogP contribution in [0.5, 0.6) is 0 Å². The molecule has 11 heteroatoms. The summed E-state index contributed by atoms with van der Waals surface area (Å²) in [4.78, 5) is 36.3. The Morgan fingerprint density at radius 1 is 1.11 bits per heavy atom. The minimum Gasteiger partial charge on any atom is -0.444 e. The van der Waals surface area contributed by atoms with Crippen LogP contribution in [0.25, 0.3) is 0 Å². The van der Waals surface area contributed by atoms with Crippen LogP contribution in [0.2, 0.25) is 0 Å². The molecule has 0 aliphatic carbocycles. The van der Waals surface area contributed by atoms with Crippen LogP contribution in [0.15, 0.2) is 12.4 Å². The molecular weight excluding hydrogens is 473 g/mol. The van der Waals surface area contributed by atoms with Gasteiger partial charge in [0.05, 0.1) is 11.2 Å². The molecular formula is C26H44BN5O5. The second-order valence-corrected chi connectivity index (χ2v) is 12.4. The van der Waals surface area contributed by atoms with Crippen LogP contribution in [-0.4, -0.2) is 71.6 Å². The fourth-order valence-corrected chi connectivity index (χ4v) is 4.26. The standard InChI is InChI=1S/C26H44BN5O5/c1-17(2)20(31-23(34)35-24(3,4)5)21(33)28-14-18-10-12-32(13-11-18)22-29-15-19(16-30-22)27-36-25(6,7)26(8,9)37-27/h15-18,20H,10-14H2,1-9H3,(H,28,33)(H,31,34)/t20-/m0/s1. The molecule has 1 aromatic heterocycles. The summed E-state index contributed by atoms with van der Waals surface area (Å²) in [6, 6.07) is -0.647. The number of aromatic nitrogens is 2. The van der Waals surface area contributed by atoms with Gasteiger partial charge in [0.25, 0.3) is 0 Å². The number of rotatable bonds is 7. The summed E-state index contributed by atoms with van der Waals surface area (Å²) in [6.45, 7) is 19.5. The normalized spacial score (nSPS) is 20.6. The first-order valence-corrected chi connectivity index (χ1v) is 13.3. The molecule has 0 radical (unpaired) electrons. The second kappa shape index (κ2) is 11.1. The molecule has 10 nitrogen and oxygen atoms in total. The van der Waals surface area contributed by atoms with Crippen molar-refractivity contribution in [3.63, 3.8) is 0 Å². The number of carbonyl (C=O) groups is 2. The molecule has 0 bridgehead atoms. The SMILES string of the molecule is CC(C)[C@H](NC(=O)OC(C)(C)C)C(=O)NCC1CCN(c2ncc(B3OC(C)(C)C(C)(C)O3)cn2)CC1. The van der Waals surface area contributed by atoms with Crippen LogP contribution < -0.4 is 21.0 Å². The van der Waals surface area contributed by atoms with E-state index in [1.807, 2.05) is 41.5 Å². The van der Waals surface area contributed by atoms with Crippen LogP contribution in [0, 0.1) is 11.8 Å². The lowest BCUT2D eigenvalue weighted by Gasteiger charge is -2.32. The van der Waals surface area contributed by atoms with Gasteiger partial charge < -0.3 is 29.6 Å². The van der Waals surface area contributed by atoms with Gasteiger partial charge in [-0.3, -0.25) is 4.79 Å². The van der Waals surface area contributed by atoms with E-state index in [-0.39, 0.29) is 11.8 Å². The highest BCUT2D eigenvalue weighted by atomic mass is 16.7. The Morgan fingerprint density at radius 3 is 2.14 bits per heavy atom. The van der Waals surface area contributed by atoms with Crippen molar-refractivity contribution >= 4 is 30.5 Å². The summed E-state index contributed by atoms with van der Waals surface area (Å²) in [5.41, 5.74) is -0.630. The third kappa shape index (κ3) is 7.57. The highest BCUT2D eigenvalue weighted by Gasteiger charge is 2.52. The van der Waals surface area contributed by atoms with E-state index >= 15 is 0 Å². The molecule has 3 rings (SSSR count). The average molecular weight is 517 g/mol. The molecule has 3 heterocycles. The van der Waals surface area contributed by atoms with Crippen LogP contribution in [0.1, 0.15) is 75.2 Å². The van der Waals surface area contributed by atoms with Crippen molar-refractivity contribution in [1.29, 1.82) is 0 Å². The van der Waals surface area contributed by atoms with Gasteiger partial charge in [-0.1, -0.05) is 13.8 Å². The van der Waals surface area contributed by atoms with Gasteiger partial charge in [-0.05, 0) is 73.1 Å². The third-order valence-corrected chi connectivity index (χ3v) is 7.27. The maximum atomic E-state index is 12.8. The number of hydrogen-bond acceptors (Lipinski definition) is 8. The van der Waals surface area contributed by atoms with Crippen LogP contribution in [0.3, 0.4) is 0 Å². The Balaban J connectivity index is 1.46. The Kier molecular flexibility index (Phi) is 8.79. The fourth-order valence-electron chi connectivity index (χ4n) is 4.26. The molecule has 2 N–H and O–H groups in total. The van der Waals surface area contributed by atoms with Gasteiger partial charge in [-0.2, -0.15) is 0 Å². The fraction of sp³-hybridized carbons (Fsp3) is 0.769. The highest BCUT2D eigenvalue weighted by Crippen LogP contribution is 2.36. The molecule has 0 spiro atoms. The second-order valence-electron chi connectivity index (χ2n) is 12.4. The monoisotopic (exact) mass is 517 g/mol. The van der Waals surface area contributed by atoms with Crippen LogP contribution >= 0.6 is 0 Å². The molecule has 0 aromatic carbocycles. The van der Waals surface area contributed by atoms with Gasteiger partial charge in [0.15, 0.2) is 0 Å². The minimum atomic E-state index is -0.647. The number of nitrogens with one attached hydrogen (secondary N) is 2. The molecule has 0 saturated carbocycles. The summed E-state index contributed by atoms with van der Waals surface area (Å²) in [7, 11) is -0.479. The van der Waals surface area contributed by atoms with Crippen molar-refractivity contribution in [3.8, 4) is 0 Å². The first kappa shape index (κ1) is 29.2. The van der Waals surface area contributed by atoms with Crippen molar-refractivity contribution in [2.24, 2.45) is 11.8 Å². The number of nitrogens with zero attached hydrogens (tertiary/aromatic N) is 3. The van der Waals surface area contributed by atoms with E-state index < -0.39 is 36.1 Å². The van der Waals surface area contributed by atoms with E-state index in [1.54, 1.807) is 33.2 Å². The predicted molar refractivity (Wildman–Crippen MR) is 144 cm³/mol. The number of piperidine rings is 1. The number of amides is 2. The maximum Gasteiger partial charge on any atom is 0.498 e. The first-order valence-electron chi connectivity index (χ1n) is 13.3. The molecule has 206 valence electrons. The molecule has 37 heavy (non-hydrogen) atoms. The van der Waals surface area contributed by atoms with E-state index in [0.717, 1.165) is 31.4 Å². The Labute approximate surface area is 221 Å². The Hall–Kier alpha value is -2.40. The van der Waals surface area contributed by atoms with E-state index in [4.69, 9.17) is 14.0 Å². The number of anilines is 1. The molecule has 2 aliphatic rings.